The van der Waals surface area contributed by atoms with Crippen LogP contribution in [0.2, 0.25) is 0 Å². The van der Waals surface area contributed by atoms with Crippen LogP contribution in [0.25, 0.3) is 10.9 Å². The third kappa shape index (κ3) is 4.46. The van der Waals surface area contributed by atoms with Crippen molar-refractivity contribution in [2.45, 2.75) is 58.0 Å². The van der Waals surface area contributed by atoms with E-state index in [9.17, 15) is 14.4 Å². The van der Waals surface area contributed by atoms with Crippen LogP contribution in [0.1, 0.15) is 53.4 Å². The van der Waals surface area contributed by atoms with E-state index in [1.54, 1.807) is 21.9 Å². The first-order valence-electron chi connectivity index (χ1n) is 13.4. The second kappa shape index (κ2) is 10.2. The van der Waals surface area contributed by atoms with Gasteiger partial charge in [-0.3, -0.25) is 14.4 Å². The molecule has 0 saturated carbocycles. The number of amides is 3. The molecule has 9 heteroatoms. The maximum Gasteiger partial charge on any atom is 0.274 e. The number of carbonyl (C=O) groups is 3. The molecule has 2 aromatic carbocycles. The average Bonchev–Trinajstić information content (AvgIpc) is 3.26. The van der Waals surface area contributed by atoms with E-state index < -0.39 is 12.3 Å². The number of aromatic nitrogens is 1. The highest BCUT2D eigenvalue weighted by molar-refractivity contribution is 5.97. The molecule has 2 fully saturated rings. The highest BCUT2D eigenvalue weighted by atomic mass is 16.8. The summed E-state index contributed by atoms with van der Waals surface area (Å²) < 4.78 is 7.73. The summed E-state index contributed by atoms with van der Waals surface area (Å²) in [6.07, 6.45) is 2.93. The fourth-order valence-corrected chi connectivity index (χ4v) is 5.81. The fourth-order valence-electron chi connectivity index (χ4n) is 5.81. The summed E-state index contributed by atoms with van der Waals surface area (Å²) in [5.41, 5.74) is 7.32. The van der Waals surface area contributed by atoms with E-state index in [1.165, 1.54) is 0 Å². The number of hydrogen-bond donors (Lipinski definition) is 1. The fraction of sp³-hybridized carbons (Fsp3) is 0.414. The van der Waals surface area contributed by atoms with Gasteiger partial charge in [-0.2, -0.15) is 0 Å². The van der Waals surface area contributed by atoms with E-state index in [-0.39, 0.29) is 24.3 Å². The number of hydroxylamine groups is 1. The van der Waals surface area contributed by atoms with Crippen molar-refractivity contribution in [2.24, 2.45) is 0 Å². The summed E-state index contributed by atoms with van der Waals surface area (Å²) in [6.45, 7) is 4.24. The Morgan fingerprint density at radius 3 is 2.66 bits per heavy atom. The van der Waals surface area contributed by atoms with Gasteiger partial charge in [-0.1, -0.05) is 30.3 Å². The van der Waals surface area contributed by atoms with Gasteiger partial charge in [-0.15, -0.1) is 0 Å². The Hall–Kier alpha value is -3.69. The molecule has 198 valence electrons. The molecule has 3 aliphatic heterocycles. The van der Waals surface area contributed by atoms with Crippen LogP contribution in [0, 0.1) is 0 Å². The number of likely N-dealkylation sites (N-methyl/N-ethyl adjacent to an activating group) is 1. The van der Waals surface area contributed by atoms with Crippen LogP contribution in [0.4, 0.5) is 0 Å². The van der Waals surface area contributed by atoms with Gasteiger partial charge in [-0.05, 0) is 49.1 Å². The highest BCUT2D eigenvalue weighted by Crippen LogP contribution is 2.35. The van der Waals surface area contributed by atoms with Gasteiger partial charge < -0.3 is 19.1 Å². The van der Waals surface area contributed by atoms with Crippen LogP contribution in [0.3, 0.4) is 0 Å². The monoisotopic (exact) mass is 516 g/mol. The lowest BCUT2D eigenvalue weighted by Gasteiger charge is -2.42. The summed E-state index contributed by atoms with van der Waals surface area (Å²) in [7, 11) is 0. The zero-order chi connectivity index (χ0) is 26.2. The maximum absolute atomic E-state index is 13.1. The largest absolute Gasteiger partial charge is 0.350 e. The molecule has 0 spiro atoms. The lowest BCUT2D eigenvalue weighted by molar-refractivity contribution is -0.186. The molecule has 0 radical (unpaired) electrons. The quantitative estimate of drug-likeness (QED) is 0.509. The van der Waals surface area contributed by atoms with E-state index in [4.69, 9.17) is 9.57 Å². The molecule has 0 bridgehead atoms. The average molecular weight is 517 g/mol. The van der Waals surface area contributed by atoms with Gasteiger partial charge in [0.2, 0.25) is 11.8 Å². The van der Waals surface area contributed by atoms with Gasteiger partial charge in [0, 0.05) is 54.7 Å². The zero-order valence-corrected chi connectivity index (χ0v) is 21.5. The standard InChI is InChI=1S/C29H32N4O5/c1-2-31-18-26(34)33-17-25-22(15-24(33)29(31)36)21-7-3-4-8-23(21)32(25)16-19-10-12-20(13-11-19)28(35)30-38-27-9-5-6-14-37-27/h3-4,7-8,10-13,24,27H,2,5-6,9,14-18H2,1H3,(H,30,35). The van der Waals surface area contributed by atoms with Crippen molar-refractivity contribution < 1.29 is 24.0 Å². The number of para-hydroxylation sites is 1. The van der Waals surface area contributed by atoms with Gasteiger partial charge in [-0.25, -0.2) is 10.3 Å². The summed E-state index contributed by atoms with van der Waals surface area (Å²) in [5.74, 6) is -0.285. The van der Waals surface area contributed by atoms with E-state index in [0.29, 0.717) is 38.2 Å². The van der Waals surface area contributed by atoms with Crippen molar-refractivity contribution in [2.75, 3.05) is 19.7 Å². The number of piperazine rings is 1. The Bertz CT molecular complexity index is 1380. The molecule has 9 nitrogen and oxygen atoms in total. The molecular formula is C29H32N4O5. The first-order valence-corrected chi connectivity index (χ1v) is 13.4. The second-order valence-corrected chi connectivity index (χ2v) is 10.2. The number of nitrogens with zero attached hydrogens (tertiary/aromatic N) is 3. The molecule has 1 N–H and O–H groups in total. The predicted molar refractivity (Wildman–Crippen MR) is 140 cm³/mol. The van der Waals surface area contributed by atoms with E-state index in [0.717, 1.165) is 47.0 Å². The summed E-state index contributed by atoms with van der Waals surface area (Å²) in [6, 6.07) is 15.2. The number of fused-ring (bicyclic) bond motifs is 4. The van der Waals surface area contributed by atoms with Crippen molar-refractivity contribution in [3.05, 3.63) is 70.9 Å². The molecule has 2 atom stereocenters. The van der Waals surface area contributed by atoms with Crippen LogP contribution in [-0.4, -0.2) is 64.1 Å². The molecule has 0 aliphatic carbocycles. The molecule has 3 aliphatic rings. The van der Waals surface area contributed by atoms with E-state index in [1.807, 2.05) is 31.2 Å². The molecular weight excluding hydrogens is 484 g/mol. The lowest BCUT2D eigenvalue weighted by atomic mass is 9.94. The molecule has 4 heterocycles. The lowest BCUT2D eigenvalue weighted by Crippen LogP contribution is -2.61. The zero-order valence-electron chi connectivity index (χ0n) is 21.5. The number of rotatable bonds is 6. The Balaban J connectivity index is 1.23. The first-order chi connectivity index (χ1) is 18.5. The molecule has 38 heavy (non-hydrogen) atoms. The Morgan fingerprint density at radius 2 is 1.89 bits per heavy atom. The molecule has 1 aromatic heterocycles. The SMILES string of the molecule is CCN1CC(=O)N2Cc3c(c4ccccc4n3Cc3ccc(C(=O)NOC4CCCCO4)cc3)CC2C1=O. The Labute approximate surface area is 221 Å². The number of ether oxygens (including phenoxy) is 1. The van der Waals surface area contributed by atoms with Crippen molar-refractivity contribution >= 4 is 28.6 Å². The molecule has 2 unspecified atom stereocenters. The minimum Gasteiger partial charge on any atom is -0.350 e. The summed E-state index contributed by atoms with van der Waals surface area (Å²) >= 11 is 0. The van der Waals surface area contributed by atoms with Gasteiger partial charge in [0.25, 0.3) is 5.91 Å². The third-order valence-corrected chi connectivity index (χ3v) is 7.89. The predicted octanol–water partition coefficient (Wildman–Crippen LogP) is 2.99. The number of hydrogen-bond acceptors (Lipinski definition) is 5. The molecule has 6 rings (SSSR count). The smallest absolute Gasteiger partial charge is 0.274 e. The summed E-state index contributed by atoms with van der Waals surface area (Å²) in [4.78, 5) is 47.4. The number of nitrogens with one attached hydrogen (secondary N) is 1. The van der Waals surface area contributed by atoms with E-state index in [2.05, 4.69) is 22.2 Å². The van der Waals surface area contributed by atoms with Gasteiger partial charge >= 0.3 is 0 Å². The van der Waals surface area contributed by atoms with Crippen LogP contribution in [0.5, 0.6) is 0 Å². The minimum absolute atomic E-state index is 0.00452. The van der Waals surface area contributed by atoms with Crippen molar-refractivity contribution in [3.8, 4) is 0 Å². The minimum atomic E-state index is -0.443. The van der Waals surface area contributed by atoms with Crippen LogP contribution in [-0.2, 0) is 38.7 Å². The summed E-state index contributed by atoms with van der Waals surface area (Å²) in [5, 5.41) is 1.12. The van der Waals surface area contributed by atoms with Gasteiger partial charge in [0.1, 0.15) is 6.04 Å². The maximum atomic E-state index is 13.1. The number of carbonyl (C=O) groups excluding carboxylic acids is 3. The second-order valence-electron chi connectivity index (χ2n) is 10.2. The first kappa shape index (κ1) is 24.6. The van der Waals surface area contributed by atoms with Gasteiger partial charge in [0.15, 0.2) is 6.29 Å². The van der Waals surface area contributed by atoms with Crippen LogP contribution >= 0.6 is 0 Å². The third-order valence-electron chi connectivity index (χ3n) is 7.89. The molecule has 3 amide bonds. The van der Waals surface area contributed by atoms with Gasteiger partial charge in [0.05, 0.1) is 13.1 Å². The Kier molecular flexibility index (Phi) is 6.63. The number of benzene rings is 2. The van der Waals surface area contributed by atoms with E-state index >= 15 is 0 Å². The highest BCUT2D eigenvalue weighted by Gasteiger charge is 2.43. The van der Waals surface area contributed by atoms with Crippen molar-refractivity contribution in [1.29, 1.82) is 0 Å². The van der Waals surface area contributed by atoms with Crippen molar-refractivity contribution in [1.82, 2.24) is 19.8 Å². The van der Waals surface area contributed by atoms with Crippen molar-refractivity contribution in [3.63, 3.8) is 0 Å². The molecule has 2 saturated heterocycles. The Morgan fingerprint density at radius 1 is 1.08 bits per heavy atom. The topological polar surface area (TPSA) is 93.1 Å². The normalized spacial score (nSPS) is 21.4. The van der Waals surface area contributed by atoms with Crippen LogP contribution in [0.15, 0.2) is 48.5 Å². The molecule has 3 aromatic rings. The van der Waals surface area contributed by atoms with Crippen LogP contribution < -0.4 is 5.48 Å².